The first-order valence-corrected chi connectivity index (χ1v) is 6.80. The molecule has 3 rings (SSSR count). The number of aryl methyl sites for hydroxylation is 1. The second-order valence-electron chi connectivity index (χ2n) is 4.63. The summed E-state index contributed by atoms with van der Waals surface area (Å²) >= 11 is 3.51. The monoisotopic (exact) mass is 307 g/mol. The van der Waals surface area contributed by atoms with Crippen LogP contribution < -0.4 is 5.73 Å². The molecule has 4 N–H and O–H groups in total. The third-order valence-electron chi connectivity index (χ3n) is 3.52. The van der Waals surface area contributed by atoms with Gasteiger partial charge in [-0.3, -0.25) is 5.10 Å². The topological polar surface area (TPSA) is 74.9 Å². The summed E-state index contributed by atoms with van der Waals surface area (Å²) in [6, 6.07) is 2.04. The molecule has 0 aliphatic heterocycles. The van der Waals surface area contributed by atoms with Crippen LogP contribution in [-0.2, 0) is 12.8 Å². The Morgan fingerprint density at radius 2 is 2.06 bits per heavy atom. The molecular formula is C13H14BrN3O. The molecule has 1 aromatic carbocycles. The van der Waals surface area contributed by atoms with Crippen molar-refractivity contribution >= 4 is 21.7 Å². The Kier molecular flexibility index (Phi) is 2.78. The Morgan fingerprint density at radius 1 is 1.28 bits per heavy atom. The van der Waals surface area contributed by atoms with Crippen molar-refractivity contribution in [2.45, 2.75) is 25.7 Å². The zero-order valence-electron chi connectivity index (χ0n) is 9.83. The number of nitrogens with two attached hydrogens (primary N) is 1. The smallest absolute Gasteiger partial charge is 0.138 e. The molecule has 0 unspecified atom stereocenters. The summed E-state index contributed by atoms with van der Waals surface area (Å²) in [7, 11) is 0. The second-order valence-corrected chi connectivity index (χ2v) is 5.42. The fraction of sp³-hybridized carbons (Fsp3) is 0.308. The number of nitrogen functional groups attached to an aromatic ring is 1. The van der Waals surface area contributed by atoms with Crippen LogP contribution in [0.1, 0.15) is 24.0 Å². The van der Waals surface area contributed by atoms with Gasteiger partial charge in [0.1, 0.15) is 11.6 Å². The maximum Gasteiger partial charge on any atom is 0.138 e. The largest absolute Gasteiger partial charge is 0.506 e. The number of benzene rings is 1. The average Bonchev–Trinajstić information content (AvgIpc) is 2.80. The second kappa shape index (κ2) is 4.31. The van der Waals surface area contributed by atoms with Crippen molar-refractivity contribution in [3.63, 3.8) is 0 Å². The normalized spacial score (nSPS) is 14.5. The van der Waals surface area contributed by atoms with Gasteiger partial charge < -0.3 is 10.8 Å². The number of rotatable bonds is 1. The van der Waals surface area contributed by atoms with Gasteiger partial charge in [-0.1, -0.05) is 0 Å². The zero-order chi connectivity index (χ0) is 12.7. The van der Waals surface area contributed by atoms with Crippen LogP contribution in [0, 0.1) is 0 Å². The number of phenolic OH excluding ortho intramolecular Hbond substituents is 1. The van der Waals surface area contributed by atoms with Crippen LogP contribution >= 0.6 is 15.9 Å². The summed E-state index contributed by atoms with van der Waals surface area (Å²) in [6.07, 6.45) is 6.10. The Balaban J connectivity index is 2.22. The molecule has 0 atom stereocenters. The quantitative estimate of drug-likeness (QED) is 0.758. The third kappa shape index (κ3) is 1.70. The number of nitrogens with zero attached hydrogens (tertiary/aromatic N) is 1. The van der Waals surface area contributed by atoms with Crippen molar-refractivity contribution < 1.29 is 5.11 Å². The summed E-state index contributed by atoms with van der Waals surface area (Å²) in [5, 5.41) is 16.9. The van der Waals surface area contributed by atoms with Crippen LogP contribution in [0.15, 0.2) is 16.7 Å². The molecule has 0 spiro atoms. The number of aromatic hydroxyl groups is 1. The maximum atomic E-state index is 10.3. The number of hydrogen-bond acceptors (Lipinski definition) is 3. The predicted molar refractivity (Wildman–Crippen MR) is 74.4 cm³/mol. The summed E-state index contributed by atoms with van der Waals surface area (Å²) in [5.74, 6) is 0.733. The first kappa shape index (κ1) is 11.6. The van der Waals surface area contributed by atoms with E-state index in [1.807, 2.05) is 6.07 Å². The van der Waals surface area contributed by atoms with E-state index in [4.69, 9.17) is 5.73 Å². The van der Waals surface area contributed by atoms with Gasteiger partial charge in [0.25, 0.3) is 0 Å². The molecule has 18 heavy (non-hydrogen) atoms. The molecule has 94 valence electrons. The van der Waals surface area contributed by atoms with Crippen LogP contribution in [0.4, 0.5) is 5.82 Å². The van der Waals surface area contributed by atoms with E-state index < -0.39 is 0 Å². The SMILES string of the molecule is Nc1[nH]ncc1-c1cc2c(c(Br)c1O)CCCC2. The van der Waals surface area contributed by atoms with Gasteiger partial charge in [-0.25, -0.2) is 0 Å². The van der Waals surface area contributed by atoms with E-state index >= 15 is 0 Å². The van der Waals surface area contributed by atoms with Crippen molar-refractivity contribution in [3.05, 3.63) is 27.9 Å². The number of hydrogen-bond donors (Lipinski definition) is 3. The lowest BCUT2D eigenvalue weighted by Gasteiger charge is -2.20. The molecule has 1 heterocycles. The predicted octanol–water partition coefficient (Wildman–Crippen LogP) is 3.01. The number of halogens is 1. The highest BCUT2D eigenvalue weighted by Gasteiger charge is 2.20. The van der Waals surface area contributed by atoms with Crippen molar-refractivity contribution in [1.82, 2.24) is 10.2 Å². The molecule has 0 fully saturated rings. The zero-order valence-corrected chi connectivity index (χ0v) is 11.4. The van der Waals surface area contributed by atoms with Crippen molar-refractivity contribution in [2.75, 3.05) is 5.73 Å². The fourth-order valence-electron chi connectivity index (χ4n) is 2.56. The summed E-state index contributed by atoms with van der Waals surface area (Å²) in [4.78, 5) is 0. The number of anilines is 1. The van der Waals surface area contributed by atoms with Gasteiger partial charge in [0.2, 0.25) is 0 Å². The summed E-state index contributed by atoms with van der Waals surface area (Å²) < 4.78 is 0.801. The molecular weight excluding hydrogens is 294 g/mol. The first-order valence-electron chi connectivity index (χ1n) is 6.01. The number of nitrogens with one attached hydrogen (secondary N) is 1. The molecule has 0 radical (unpaired) electrons. The summed E-state index contributed by atoms with van der Waals surface area (Å²) in [6.45, 7) is 0. The molecule has 0 saturated carbocycles. The lowest BCUT2D eigenvalue weighted by atomic mass is 9.89. The number of fused-ring (bicyclic) bond motifs is 1. The molecule has 2 aromatic rings. The van der Waals surface area contributed by atoms with Gasteiger partial charge in [0.05, 0.1) is 10.7 Å². The molecule has 5 heteroatoms. The first-order chi connectivity index (χ1) is 8.68. The molecule has 1 aliphatic carbocycles. The van der Waals surface area contributed by atoms with Crippen LogP contribution in [0.5, 0.6) is 5.75 Å². The third-order valence-corrected chi connectivity index (χ3v) is 4.37. The molecule has 0 bridgehead atoms. The van der Waals surface area contributed by atoms with E-state index in [0.717, 1.165) is 28.4 Å². The highest BCUT2D eigenvalue weighted by molar-refractivity contribution is 9.10. The minimum atomic E-state index is 0.253. The Hall–Kier alpha value is -1.49. The minimum Gasteiger partial charge on any atom is -0.506 e. The van der Waals surface area contributed by atoms with Crippen LogP contribution in [0.2, 0.25) is 0 Å². The van der Waals surface area contributed by atoms with E-state index in [2.05, 4.69) is 26.1 Å². The molecule has 0 amide bonds. The van der Waals surface area contributed by atoms with E-state index in [1.54, 1.807) is 6.20 Å². The van der Waals surface area contributed by atoms with E-state index in [-0.39, 0.29) is 5.75 Å². The number of aromatic nitrogens is 2. The lowest BCUT2D eigenvalue weighted by molar-refractivity contribution is 0.471. The Labute approximate surface area is 113 Å². The van der Waals surface area contributed by atoms with Crippen LogP contribution in [0.3, 0.4) is 0 Å². The van der Waals surface area contributed by atoms with Crippen LogP contribution in [0.25, 0.3) is 11.1 Å². The Bertz CT molecular complexity index is 607. The lowest BCUT2D eigenvalue weighted by Crippen LogP contribution is -2.04. The average molecular weight is 308 g/mol. The maximum absolute atomic E-state index is 10.3. The van der Waals surface area contributed by atoms with E-state index in [1.165, 1.54) is 24.0 Å². The van der Waals surface area contributed by atoms with Gasteiger partial charge in [-0.15, -0.1) is 0 Å². The van der Waals surface area contributed by atoms with Gasteiger partial charge in [0, 0.05) is 11.1 Å². The number of phenols is 1. The molecule has 1 aliphatic rings. The highest BCUT2D eigenvalue weighted by Crippen LogP contribution is 2.43. The number of aromatic amines is 1. The Morgan fingerprint density at radius 3 is 2.78 bits per heavy atom. The highest BCUT2D eigenvalue weighted by atomic mass is 79.9. The van der Waals surface area contributed by atoms with E-state index in [0.29, 0.717) is 5.82 Å². The molecule has 1 aromatic heterocycles. The van der Waals surface area contributed by atoms with E-state index in [9.17, 15) is 5.11 Å². The van der Waals surface area contributed by atoms with Gasteiger partial charge in [-0.2, -0.15) is 5.10 Å². The van der Waals surface area contributed by atoms with Crippen molar-refractivity contribution in [1.29, 1.82) is 0 Å². The molecule has 0 saturated heterocycles. The van der Waals surface area contributed by atoms with Gasteiger partial charge >= 0.3 is 0 Å². The fourth-order valence-corrected chi connectivity index (χ4v) is 3.22. The minimum absolute atomic E-state index is 0.253. The van der Waals surface area contributed by atoms with Crippen LogP contribution in [-0.4, -0.2) is 15.3 Å². The molecule has 4 nitrogen and oxygen atoms in total. The summed E-state index contributed by atoms with van der Waals surface area (Å²) in [5.41, 5.74) is 9.84. The standard InChI is InChI=1S/C13H14BrN3O/c14-11-8-4-2-1-3-7(8)5-9(12(11)18)10-6-16-17-13(10)15/h5-6,18H,1-4H2,(H3,15,16,17). The van der Waals surface area contributed by atoms with Crippen molar-refractivity contribution in [3.8, 4) is 16.9 Å². The van der Waals surface area contributed by atoms with Crippen molar-refractivity contribution in [2.24, 2.45) is 0 Å². The number of H-pyrrole nitrogens is 1. The van der Waals surface area contributed by atoms with Gasteiger partial charge in [0.15, 0.2) is 0 Å². The van der Waals surface area contributed by atoms with Gasteiger partial charge in [-0.05, 0) is 58.8 Å².